The summed E-state index contributed by atoms with van der Waals surface area (Å²) in [6.07, 6.45) is 1.31. The molecule has 0 saturated carbocycles. The Hall–Kier alpha value is -3.02. The van der Waals surface area contributed by atoms with Crippen LogP contribution in [0, 0.1) is 5.82 Å². The molecule has 0 bridgehead atoms. The van der Waals surface area contributed by atoms with E-state index in [2.05, 4.69) is 20.3 Å². The number of hydrogen-bond acceptors (Lipinski definition) is 7. The molecule has 1 amide bonds. The first-order valence-corrected chi connectivity index (χ1v) is 11.4. The maximum Gasteiger partial charge on any atom is 0.287 e. The number of nitrogens with one attached hydrogen (secondary N) is 1. The number of amides is 1. The molecule has 0 aromatic carbocycles. The highest BCUT2D eigenvalue weighted by molar-refractivity contribution is 7.99. The second kappa shape index (κ2) is 9.46. The van der Waals surface area contributed by atoms with Gasteiger partial charge in [0.1, 0.15) is 17.9 Å². The van der Waals surface area contributed by atoms with Gasteiger partial charge in [0.05, 0.1) is 17.9 Å². The minimum atomic E-state index is -2.75. The lowest BCUT2D eigenvalue weighted by Gasteiger charge is -2.34. The molecule has 176 valence electrons. The number of nitrogens with zero attached hydrogens (tertiary/aromatic N) is 4. The molecule has 0 radical (unpaired) electrons. The highest BCUT2D eigenvalue weighted by Gasteiger charge is 2.30. The number of carbonyl (C=O) groups excluding carboxylic acids is 1. The Morgan fingerprint density at radius 1 is 1.27 bits per heavy atom. The monoisotopic (exact) mass is 481 g/mol. The molecule has 0 spiro atoms. The van der Waals surface area contributed by atoms with Crippen molar-refractivity contribution in [2.45, 2.75) is 31.7 Å². The van der Waals surface area contributed by atoms with Crippen LogP contribution in [0.1, 0.15) is 30.4 Å². The third-order valence-corrected chi connectivity index (χ3v) is 6.29. The van der Waals surface area contributed by atoms with Crippen molar-refractivity contribution in [2.75, 3.05) is 18.1 Å². The number of rotatable bonds is 7. The summed E-state index contributed by atoms with van der Waals surface area (Å²) in [4.78, 5) is 25.2. The number of alkyl halides is 2. The van der Waals surface area contributed by atoms with E-state index >= 15 is 0 Å². The maximum absolute atomic E-state index is 13.5. The Balaban J connectivity index is 1.57. The highest BCUT2D eigenvalue weighted by Crippen LogP contribution is 2.31. The Morgan fingerprint density at radius 2 is 2.03 bits per heavy atom. The number of thioether (sulfide) groups is 1. The van der Waals surface area contributed by atoms with Crippen LogP contribution in [0.15, 0.2) is 24.5 Å². The van der Waals surface area contributed by atoms with Gasteiger partial charge in [0.15, 0.2) is 11.6 Å². The molecule has 4 rings (SSSR count). The van der Waals surface area contributed by atoms with Crippen molar-refractivity contribution in [3.8, 4) is 17.5 Å². The summed E-state index contributed by atoms with van der Waals surface area (Å²) >= 11 is 1.87. The third kappa shape index (κ3) is 5.32. The zero-order chi connectivity index (χ0) is 23.6. The molecule has 3 aromatic rings. The average molecular weight is 482 g/mol. The topological polar surface area (TPSA) is 91.2 Å². The summed E-state index contributed by atoms with van der Waals surface area (Å²) in [6.45, 7) is 1.09. The van der Waals surface area contributed by atoms with Gasteiger partial charge >= 0.3 is 0 Å². The number of aryl methyl sites for hydroxylation is 1. The Labute approximate surface area is 191 Å². The van der Waals surface area contributed by atoms with Crippen molar-refractivity contribution in [1.29, 1.82) is 0 Å². The number of halogens is 3. The van der Waals surface area contributed by atoms with E-state index in [1.807, 2.05) is 18.7 Å². The number of carbonyl (C=O) groups is 1. The number of pyridine rings is 2. The van der Waals surface area contributed by atoms with Crippen LogP contribution in [-0.2, 0) is 7.05 Å². The first kappa shape index (κ1) is 23.1. The van der Waals surface area contributed by atoms with Gasteiger partial charge in [-0.2, -0.15) is 11.8 Å². The van der Waals surface area contributed by atoms with E-state index in [0.29, 0.717) is 11.0 Å². The van der Waals surface area contributed by atoms with E-state index in [0.717, 1.165) is 36.6 Å². The molecule has 33 heavy (non-hydrogen) atoms. The Kier molecular flexibility index (Phi) is 6.63. The summed E-state index contributed by atoms with van der Waals surface area (Å²) in [6, 6.07) is 2.43. The number of imidazole rings is 1. The van der Waals surface area contributed by atoms with Gasteiger partial charge in [-0.3, -0.25) is 4.79 Å². The van der Waals surface area contributed by atoms with Crippen LogP contribution in [0.3, 0.4) is 0 Å². The van der Waals surface area contributed by atoms with Crippen LogP contribution < -0.4 is 14.8 Å². The van der Waals surface area contributed by atoms with E-state index in [1.54, 1.807) is 11.6 Å². The van der Waals surface area contributed by atoms with E-state index in [4.69, 9.17) is 9.47 Å². The lowest BCUT2D eigenvalue weighted by Crippen LogP contribution is -2.48. The summed E-state index contributed by atoms with van der Waals surface area (Å²) in [5.74, 6) is 0.720. The molecule has 0 atom stereocenters. The number of ether oxygens (including phenoxy) is 2. The molecule has 1 aliphatic heterocycles. The molecular formula is C21H22F3N5O3S. The van der Waals surface area contributed by atoms with Gasteiger partial charge in [0.2, 0.25) is 5.88 Å². The molecule has 0 unspecified atom stereocenters. The van der Waals surface area contributed by atoms with E-state index in [9.17, 15) is 18.0 Å². The van der Waals surface area contributed by atoms with Crippen LogP contribution in [0.25, 0.3) is 11.0 Å². The number of fused-ring (bicyclic) bond motifs is 1. The Morgan fingerprint density at radius 3 is 2.76 bits per heavy atom. The Bertz CT molecular complexity index is 1170. The van der Waals surface area contributed by atoms with Gasteiger partial charge in [0.25, 0.3) is 18.2 Å². The SMILES string of the molecule is Cn1c(C(=O)NC2(C)CCSCC2)nc2cnc(Oc3ncc(F)cc3OCC(F)F)cc21. The lowest BCUT2D eigenvalue weighted by molar-refractivity contribution is 0.0801. The quantitative estimate of drug-likeness (QED) is 0.546. The number of aromatic nitrogens is 4. The van der Waals surface area contributed by atoms with Crippen molar-refractivity contribution in [3.63, 3.8) is 0 Å². The van der Waals surface area contributed by atoms with E-state index < -0.39 is 18.8 Å². The molecule has 1 saturated heterocycles. The predicted molar refractivity (Wildman–Crippen MR) is 117 cm³/mol. The summed E-state index contributed by atoms with van der Waals surface area (Å²) < 4.78 is 50.6. The largest absolute Gasteiger partial charge is 0.482 e. The van der Waals surface area contributed by atoms with Gasteiger partial charge < -0.3 is 19.4 Å². The summed E-state index contributed by atoms with van der Waals surface area (Å²) in [7, 11) is 1.69. The van der Waals surface area contributed by atoms with Crippen molar-refractivity contribution >= 4 is 28.7 Å². The van der Waals surface area contributed by atoms with Gasteiger partial charge in [-0.1, -0.05) is 0 Å². The van der Waals surface area contributed by atoms with Crippen LogP contribution >= 0.6 is 11.8 Å². The van der Waals surface area contributed by atoms with Gasteiger partial charge in [-0.15, -0.1) is 0 Å². The van der Waals surface area contributed by atoms with Crippen molar-refractivity contribution in [2.24, 2.45) is 7.05 Å². The molecule has 1 aliphatic rings. The minimum absolute atomic E-state index is 0.0507. The summed E-state index contributed by atoms with van der Waals surface area (Å²) in [5.41, 5.74) is 0.753. The van der Waals surface area contributed by atoms with Crippen molar-refractivity contribution in [3.05, 3.63) is 36.2 Å². The third-order valence-electron chi connectivity index (χ3n) is 5.31. The smallest absolute Gasteiger partial charge is 0.287 e. The zero-order valence-electron chi connectivity index (χ0n) is 18.0. The van der Waals surface area contributed by atoms with Gasteiger partial charge in [-0.05, 0) is 31.3 Å². The van der Waals surface area contributed by atoms with Gasteiger partial charge in [-0.25, -0.2) is 28.1 Å². The van der Waals surface area contributed by atoms with Crippen LogP contribution in [0.4, 0.5) is 13.2 Å². The first-order chi connectivity index (χ1) is 15.7. The second-order valence-corrected chi connectivity index (χ2v) is 9.12. The van der Waals surface area contributed by atoms with Crippen molar-refractivity contribution < 1.29 is 27.4 Å². The molecule has 3 aromatic heterocycles. The molecule has 12 heteroatoms. The molecule has 1 fully saturated rings. The summed E-state index contributed by atoms with van der Waals surface area (Å²) in [5, 5.41) is 3.09. The average Bonchev–Trinajstić information content (AvgIpc) is 3.10. The molecule has 4 heterocycles. The minimum Gasteiger partial charge on any atom is -0.482 e. The number of hydrogen-bond donors (Lipinski definition) is 1. The van der Waals surface area contributed by atoms with E-state index in [1.165, 1.54) is 12.3 Å². The second-order valence-electron chi connectivity index (χ2n) is 7.89. The molecule has 1 N–H and O–H groups in total. The standard InChI is InChI=1S/C21H22F3N5O3S/c1-21(3-5-33-6-4-21)28-19(30)18-27-13-10-25-17(8-14(13)29(18)2)32-20-15(31-11-16(23)24)7-12(22)9-26-20/h7-10,16H,3-6,11H2,1-2H3,(H,28,30). The van der Waals surface area contributed by atoms with Crippen molar-refractivity contribution in [1.82, 2.24) is 24.8 Å². The molecule has 0 aliphatic carbocycles. The lowest BCUT2D eigenvalue weighted by atomic mass is 9.95. The normalized spacial score (nSPS) is 15.6. The fourth-order valence-electron chi connectivity index (χ4n) is 3.45. The van der Waals surface area contributed by atoms with Crippen LogP contribution in [-0.4, -0.2) is 55.5 Å². The fourth-order valence-corrected chi connectivity index (χ4v) is 4.85. The van der Waals surface area contributed by atoms with Gasteiger partial charge in [0, 0.05) is 24.7 Å². The predicted octanol–water partition coefficient (Wildman–Crippen LogP) is 3.95. The highest BCUT2D eigenvalue weighted by atomic mass is 32.2. The molecule has 8 nitrogen and oxygen atoms in total. The maximum atomic E-state index is 13.5. The zero-order valence-corrected chi connectivity index (χ0v) is 18.8. The van der Waals surface area contributed by atoms with Crippen LogP contribution in [0.2, 0.25) is 0 Å². The molecular weight excluding hydrogens is 459 g/mol. The van der Waals surface area contributed by atoms with Crippen LogP contribution in [0.5, 0.6) is 17.5 Å². The fraction of sp³-hybridized carbons (Fsp3) is 0.429. The van der Waals surface area contributed by atoms with E-state index in [-0.39, 0.29) is 34.8 Å². The first-order valence-electron chi connectivity index (χ1n) is 10.2.